The number of thioether (sulfide) groups is 1. The van der Waals surface area contributed by atoms with E-state index in [2.05, 4.69) is 43.4 Å². The van der Waals surface area contributed by atoms with Gasteiger partial charge in [-0.15, -0.1) is 10.2 Å². The molecule has 0 bridgehead atoms. The van der Waals surface area contributed by atoms with Crippen LogP contribution in [-0.4, -0.2) is 26.0 Å². The van der Waals surface area contributed by atoms with Crippen molar-refractivity contribution in [2.45, 2.75) is 37.6 Å². The molecule has 3 aromatic rings. The van der Waals surface area contributed by atoms with Crippen molar-refractivity contribution in [1.29, 1.82) is 0 Å². The second kappa shape index (κ2) is 9.00. The van der Waals surface area contributed by atoms with E-state index in [0.29, 0.717) is 16.7 Å². The van der Waals surface area contributed by atoms with Crippen molar-refractivity contribution in [3.63, 3.8) is 0 Å². The number of hydrogen-bond acceptors (Lipinski definition) is 7. The van der Waals surface area contributed by atoms with Gasteiger partial charge < -0.3 is 15.2 Å². The third-order valence-electron chi connectivity index (χ3n) is 4.57. The molecule has 0 fully saturated rings. The first-order valence-corrected chi connectivity index (χ1v) is 11.3. The molecule has 1 aromatic heterocycles. The molecule has 0 unspecified atom stereocenters. The number of aromatic hydroxyl groups is 1. The highest BCUT2D eigenvalue weighted by atomic mass is 79.9. The Kier molecular flexibility index (Phi) is 6.20. The largest absolute Gasteiger partial charge is 0.508 e. The first kappa shape index (κ1) is 20.0. The summed E-state index contributed by atoms with van der Waals surface area (Å²) < 4.78 is 7.07. The lowest BCUT2D eigenvalue weighted by Crippen LogP contribution is -2.17. The van der Waals surface area contributed by atoms with E-state index in [1.165, 1.54) is 12.8 Å². The van der Waals surface area contributed by atoms with Gasteiger partial charge >= 0.3 is 0 Å². The molecule has 2 heterocycles. The van der Waals surface area contributed by atoms with E-state index in [9.17, 15) is 5.11 Å². The molecule has 2 aromatic carbocycles. The number of nitrogens with one attached hydrogen (secondary N) is 1. The molecule has 150 valence electrons. The summed E-state index contributed by atoms with van der Waals surface area (Å²) in [5.41, 5.74) is 3.11. The molecule has 0 spiro atoms. The molecule has 4 rings (SSSR count). The van der Waals surface area contributed by atoms with Crippen LogP contribution in [0, 0.1) is 0 Å². The molecule has 8 heteroatoms. The lowest BCUT2D eigenvalue weighted by molar-refractivity contribution is 0.224. The zero-order chi connectivity index (χ0) is 20.2. The zero-order valence-corrected chi connectivity index (χ0v) is 18.3. The van der Waals surface area contributed by atoms with Crippen molar-refractivity contribution in [1.82, 2.24) is 15.2 Å². The highest BCUT2D eigenvalue weighted by molar-refractivity contribution is 9.10. The maximum absolute atomic E-state index is 9.97. The van der Waals surface area contributed by atoms with Crippen molar-refractivity contribution in [2.24, 2.45) is 0 Å². The van der Waals surface area contributed by atoms with Crippen LogP contribution in [-0.2, 0) is 0 Å². The number of aromatic nitrogens is 3. The van der Waals surface area contributed by atoms with Gasteiger partial charge in [-0.1, -0.05) is 65.7 Å². The molecule has 29 heavy (non-hydrogen) atoms. The fourth-order valence-electron chi connectivity index (χ4n) is 3.10. The number of halogens is 1. The molecule has 1 aliphatic heterocycles. The van der Waals surface area contributed by atoms with Crippen LogP contribution in [0.3, 0.4) is 0 Å². The Labute approximate surface area is 182 Å². The molecule has 0 amide bonds. The van der Waals surface area contributed by atoms with Gasteiger partial charge in [-0.05, 0) is 30.7 Å². The number of fused-ring (bicyclic) bond motifs is 3. The molecular weight excluding hydrogens is 452 g/mol. The molecule has 1 atom stereocenters. The van der Waals surface area contributed by atoms with Gasteiger partial charge in [0, 0.05) is 27.0 Å². The van der Waals surface area contributed by atoms with Crippen LogP contribution in [0.2, 0.25) is 0 Å². The highest BCUT2D eigenvalue weighted by Crippen LogP contribution is 2.41. The molecule has 2 N–H and O–H groups in total. The summed E-state index contributed by atoms with van der Waals surface area (Å²) in [6.07, 6.45) is 2.93. The number of ether oxygens (including phenoxy) is 1. The number of rotatable bonds is 6. The number of para-hydroxylation sites is 1. The molecule has 0 saturated carbocycles. The number of phenolic OH excluding ortho intramolecular Hbond substituents is 1. The molecule has 0 saturated heterocycles. The Balaban J connectivity index is 1.72. The Morgan fingerprint density at radius 3 is 2.90 bits per heavy atom. The summed E-state index contributed by atoms with van der Waals surface area (Å²) in [7, 11) is 0. The first-order valence-electron chi connectivity index (χ1n) is 9.54. The van der Waals surface area contributed by atoms with Crippen molar-refractivity contribution >= 4 is 33.4 Å². The molecular formula is C21H21BrN4O2S. The number of benzene rings is 2. The summed E-state index contributed by atoms with van der Waals surface area (Å²) in [6, 6.07) is 12.9. The fourth-order valence-corrected chi connectivity index (χ4v) is 4.33. The smallest absolute Gasteiger partial charge is 0.247 e. The van der Waals surface area contributed by atoms with Gasteiger partial charge in [-0.2, -0.15) is 4.98 Å². The third kappa shape index (κ3) is 4.48. The third-order valence-corrected chi connectivity index (χ3v) is 6.22. The van der Waals surface area contributed by atoms with Crippen LogP contribution in [0.25, 0.3) is 11.3 Å². The van der Waals surface area contributed by atoms with E-state index < -0.39 is 6.23 Å². The number of unbranched alkanes of at least 4 members (excludes halogenated alkanes) is 2. The van der Waals surface area contributed by atoms with E-state index in [4.69, 9.17) is 4.74 Å². The van der Waals surface area contributed by atoms with Crippen LogP contribution in [0.15, 0.2) is 52.1 Å². The predicted octanol–water partition coefficient (Wildman–Crippen LogP) is 5.79. The van der Waals surface area contributed by atoms with E-state index in [-0.39, 0.29) is 5.75 Å². The van der Waals surface area contributed by atoms with Crippen molar-refractivity contribution < 1.29 is 9.84 Å². The molecule has 0 radical (unpaired) electrons. The molecule has 1 aliphatic rings. The fraction of sp³-hybridized carbons (Fsp3) is 0.286. The van der Waals surface area contributed by atoms with Gasteiger partial charge in [-0.3, -0.25) is 0 Å². The van der Waals surface area contributed by atoms with Crippen molar-refractivity contribution in [3.05, 3.63) is 52.5 Å². The van der Waals surface area contributed by atoms with E-state index in [1.54, 1.807) is 30.0 Å². The average molecular weight is 473 g/mol. The summed E-state index contributed by atoms with van der Waals surface area (Å²) in [4.78, 5) is 4.65. The Morgan fingerprint density at radius 2 is 2.03 bits per heavy atom. The Morgan fingerprint density at radius 1 is 1.17 bits per heavy atom. The first-order chi connectivity index (χ1) is 14.2. The SMILES string of the molecule is CCCCCSc1nnc2c(n1)O[C@@H](c1cc(O)ccc1Br)Nc1ccccc1-2. The van der Waals surface area contributed by atoms with E-state index in [0.717, 1.165) is 33.5 Å². The van der Waals surface area contributed by atoms with Crippen LogP contribution >= 0.6 is 27.7 Å². The Hall–Kier alpha value is -2.32. The monoisotopic (exact) mass is 472 g/mol. The minimum atomic E-state index is -0.548. The highest BCUT2D eigenvalue weighted by Gasteiger charge is 2.27. The Bertz CT molecular complexity index is 1020. The summed E-state index contributed by atoms with van der Waals surface area (Å²) >= 11 is 5.14. The lowest BCUT2D eigenvalue weighted by Gasteiger charge is -2.20. The van der Waals surface area contributed by atoms with Crippen LogP contribution in [0.1, 0.15) is 38.0 Å². The quantitative estimate of drug-likeness (QED) is 0.346. The molecule has 0 aliphatic carbocycles. The van der Waals surface area contributed by atoms with Crippen LogP contribution < -0.4 is 10.1 Å². The summed E-state index contributed by atoms with van der Waals surface area (Å²) in [5, 5.41) is 22.7. The van der Waals surface area contributed by atoms with Gasteiger partial charge in [-0.25, -0.2) is 0 Å². The number of hydrogen-bond donors (Lipinski definition) is 2. The topological polar surface area (TPSA) is 80.2 Å². The maximum Gasteiger partial charge on any atom is 0.247 e. The second-order valence-electron chi connectivity index (χ2n) is 6.70. The van der Waals surface area contributed by atoms with Gasteiger partial charge in [0.15, 0.2) is 11.9 Å². The van der Waals surface area contributed by atoms with Gasteiger partial charge in [0.05, 0.1) is 0 Å². The summed E-state index contributed by atoms with van der Waals surface area (Å²) in [6.45, 7) is 2.18. The van der Waals surface area contributed by atoms with Gasteiger partial charge in [0.25, 0.3) is 0 Å². The number of nitrogens with zero attached hydrogens (tertiary/aromatic N) is 3. The predicted molar refractivity (Wildman–Crippen MR) is 118 cm³/mol. The second-order valence-corrected chi connectivity index (χ2v) is 8.61. The minimum Gasteiger partial charge on any atom is -0.508 e. The van der Waals surface area contributed by atoms with Crippen molar-refractivity contribution in [3.8, 4) is 22.9 Å². The number of anilines is 1. The maximum atomic E-state index is 9.97. The average Bonchev–Trinajstić information content (AvgIpc) is 2.89. The van der Waals surface area contributed by atoms with E-state index >= 15 is 0 Å². The minimum absolute atomic E-state index is 0.166. The standard InChI is InChI=1S/C21H21BrN4O2S/c1-2-3-6-11-29-21-24-20-18(25-26-21)14-7-4-5-8-17(14)23-19(28-20)15-12-13(27)9-10-16(15)22/h4-5,7-10,12,19,23,27H,2-3,6,11H2,1H3/t19-/m0/s1. The zero-order valence-electron chi connectivity index (χ0n) is 15.9. The lowest BCUT2D eigenvalue weighted by atomic mass is 10.1. The van der Waals surface area contributed by atoms with Crippen LogP contribution in [0.4, 0.5) is 5.69 Å². The van der Waals surface area contributed by atoms with Gasteiger partial charge in [0.2, 0.25) is 11.0 Å². The number of phenols is 1. The van der Waals surface area contributed by atoms with Gasteiger partial charge in [0.1, 0.15) is 5.75 Å². The van der Waals surface area contributed by atoms with Crippen LogP contribution in [0.5, 0.6) is 11.6 Å². The van der Waals surface area contributed by atoms with Crippen molar-refractivity contribution in [2.75, 3.05) is 11.1 Å². The van der Waals surface area contributed by atoms with E-state index in [1.807, 2.05) is 24.3 Å². The summed E-state index contributed by atoms with van der Waals surface area (Å²) in [5.74, 6) is 1.54. The molecule has 6 nitrogen and oxygen atoms in total. The normalized spacial score (nSPS) is 14.9.